The third-order valence-electron chi connectivity index (χ3n) is 2.27. The van der Waals surface area contributed by atoms with Crippen LogP contribution in [-0.2, 0) is 105 Å². The fourth-order valence-corrected chi connectivity index (χ4v) is 1.18. The molecule has 6 aromatic rings. The molecular weight excluding hydrogens is 1260 g/mol. The van der Waals surface area contributed by atoms with Gasteiger partial charge in [-0.1, -0.05) is 37.6 Å². The van der Waals surface area contributed by atoms with E-state index in [9.17, 15) is 0 Å². The van der Waals surface area contributed by atoms with E-state index in [1.807, 2.05) is 0 Å². The third kappa shape index (κ3) is 98.9. The fourth-order valence-electron chi connectivity index (χ4n) is 1.18. The molecule has 0 saturated heterocycles. The van der Waals surface area contributed by atoms with Crippen LogP contribution in [0.1, 0.15) is 13.8 Å². The minimum Gasteiger partial charge on any atom is -1.00 e. The van der Waals surface area contributed by atoms with Crippen molar-refractivity contribution in [1.82, 2.24) is 0 Å². The van der Waals surface area contributed by atoms with Crippen LogP contribution in [-0.4, -0.2) is 11.9 Å². The zero-order valence-corrected chi connectivity index (χ0v) is 37.9. The molecule has 2 unspecified atom stereocenters. The molecule has 0 spiro atoms. The van der Waals surface area contributed by atoms with E-state index in [2.05, 4.69) is 64.1 Å². The van der Waals surface area contributed by atoms with Crippen molar-refractivity contribution < 1.29 is 190 Å². The SMILES string of the molecule is CC(=O)[O-].CC(=O)[O-].P.P.[Cu+2].[Cu+2].[I-].[I-].[Pd+2].[Pd+2].[Pd+2].[c-]1ccco1.[c-]1ccco1.[c-]1ccco1.[c-]1ccco1.[c-]1ccco1.[c-]1ccco1. The second-order valence-corrected chi connectivity index (χ2v) is 5.37. The van der Waals surface area contributed by atoms with Crippen molar-refractivity contribution in [3.05, 3.63) is 148 Å². The maximum absolute atomic E-state index is 8.89. The summed E-state index contributed by atoms with van der Waals surface area (Å²) in [5.41, 5.74) is 0. The maximum atomic E-state index is 8.89. The first-order valence-electron chi connectivity index (χ1n) is 10.2. The Labute approximate surface area is 378 Å². The zero-order chi connectivity index (χ0) is 28.4. The van der Waals surface area contributed by atoms with E-state index < -0.39 is 11.9 Å². The van der Waals surface area contributed by atoms with Crippen LogP contribution in [0.25, 0.3) is 0 Å². The van der Waals surface area contributed by atoms with E-state index in [0.29, 0.717) is 0 Å². The van der Waals surface area contributed by atoms with E-state index in [0.717, 1.165) is 13.8 Å². The van der Waals surface area contributed by atoms with E-state index in [1.54, 1.807) is 110 Å². The number of aliphatic carboxylic acids is 2. The third-order valence-corrected chi connectivity index (χ3v) is 2.27. The van der Waals surface area contributed by atoms with Crippen molar-refractivity contribution >= 4 is 31.7 Å². The minimum atomic E-state index is -1.08. The molecule has 10 nitrogen and oxygen atoms in total. The molecule has 0 aliphatic heterocycles. The average Bonchev–Trinajstić information content (AvgIpc) is 3.82. The quantitative estimate of drug-likeness (QED) is 0.0729. The molecule has 6 aromatic heterocycles. The van der Waals surface area contributed by atoms with Gasteiger partial charge in [0.05, 0.1) is 0 Å². The molecule has 0 aliphatic rings. The summed E-state index contributed by atoms with van der Waals surface area (Å²) in [4.78, 5) is 17.8. The van der Waals surface area contributed by atoms with Crippen molar-refractivity contribution in [2.45, 2.75) is 13.8 Å². The molecule has 0 fully saturated rings. The summed E-state index contributed by atoms with van der Waals surface area (Å²) < 4.78 is 26.7. The standard InChI is InChI=1S/6C4H3O.2C2H4O2.2Cu.2HI.2H3P.3Pd/c6*1-2-4-5-3-1;2*1-2(3)4;;;;;;;;;/h6*1-3H;2*1H3,(H,3,4);;;2*1H;2*1H3;;;/q6*-1;;;2*+2;;;;;3*+2/p-4. The number of halogens is 2. The Balaban J connectivity index is -0.0000000342. The second kappa shape index (κ2) is 71.8. The molecule has 2 radical (unpaired) electrons. The molecular formula is C28H30Cu2I2O10P2Pd3. The molecule has 0 N–H and O–H groups in total. The summed E-state index contributed by atoms with van der Waals surface area (Å²) >= 11 is 0. The van der Waals surface area contributed by atoms with E-state index >= 15 is 0 Å². The van der Waals surface area contributed by atoms with Crippen molar-refractivity contribution in [1.29, 1.82) is 0 Å². The number of hydrogen-bond donors (Lipinski definition) is 0. The van der Waals surface area contributed by atoms with Gasteiger partial charge in [-0.05, 0) is 51.4 Å². The molecule has 0 aromatic carbocycles. The Morgan fingerprint density at radius 2 is 0.532 bits per heavy atom. The van der Waals surface area contributed by atoms with Crippen LogP contribution in [0, 0.1) is 37.6 Å². The average molecular weight is 1290 g/mol. The summed E-state index contributed by atoms with van der Waals surface area (Å²) in [6.45, 7) is 1.94. The number of carboxylic acids is 2. The van der Waals surface area contributed by atoms with Gasteiger partial charge in [0.15, 0.2) is 0 Å². The van der Waals surface area contributed by atoms with E-state index in [1.165, 1.54) is 0 Å². The molecule has 0 bridgehead atoms. The number of carbonyl (C=O) groups is 2. The van der Waals surface area contributed by atoms with E-state index in [-0.39, 0.29) is 163 Å². The molecule has 0 saturated carbocycles. The van der Waals surface area contributed by atoms with Crippen LogP contribution in [0.15, 0.2) is 137 Å². The molecule has 6 heterocycles. The predicted molar refractivity (Wildman–Crippen MR) is 149 cm³/mol. The van der Waals surface area contributed by atoms with Gasteiger partial charge in [-0.2, -0.15) is 56.2 Å². The zero-order valence-electron chi connectivity index (χ0n) is 24.2. The molecule has 0 aliphatic carbocycles. The van der Waals surface area contributed by atoms with Crippen molar-refractivity contribution in [3.8, 4) is 0 Å². The van der Waals surface area contributed by atoms with Crippen LogP contribution >= 0.6 is 19.8 Å². The Morgan fingerprint density at radius 1 is 0.426 bits per heavy atom. The molecule has 278 valence electrons. The summed E-state index contributed by atoms with van der Waals surface area (Å²) in [6, 6.07) is 20.9. The Bertz CT molecular complexity index is 785. The summed E-state index contributed by atoms with van der Waals surface area (Å²) in [5.74, 6) is -2.17. The summed E-state index contributed by atoms with van der Waals surface area (Å²) in [6.07, 6.45) is 24.3. The van der Waals surface area contributed by atoms with Gasteiger partial charge < -0.3 is 94.3 Å². The van der Waals surface area contributed by atoms with Gasteiger partial charge in [0.1, 0.15) is 0 Å². The summed E-state index contributed by atoms with van der Waals surface area (Å²) in [5, 5.41) is 17.8. The van der Waals surface area contributed by atoms with Gasteiger partial charge in [0, 0.05) is 11.9 Å². The van der Waals surface area contributed by atoms with Gasteiger partial charge in [0.2, 0.25) is 0 Å². The number of rotatable bonds is 0. The van der Waals surface area contributed by atoms with E-state index in [4.69, 9.17) is 19.8 Å². The summed E-state index contributed by atoms with van der Waals surface area (Å²) in [7, 11) is 0. The second-order valence-electron chi connectivity index (χ2n) is 5.37. The number of carbonyl (C=O) groups excluding carboxylic acids is 2. The first-order chi connectivity index (χ1) is 18.5. The van der Waals surface area contributed by atoms with Crippen LogP contribution < -0.4 is 58.2 Å². The Hall–Kier alpha value is -0.0340. The number of furan rings is 6. The normalized spacial score (nSPS) is 6.17. The minimum absolute atomic E-state index is 0. The first-order valence-corrected chi connectivity index (χ1v) is 10.2. The molecule has 6 rings (SSSR count). The van der Waals surface area contributed by atoms with Gasteiger partial charge in [-0.25, -0.2) is 0 Å². The van der Waals surface area contributed by atoms with Crippen LogP contribution in [0.4, 0.5) is 0 Å². The van der Waals surface area contributed by atoms with Gasteiger partial charge in [-0.15, -0.1) is 36.4 Å². The van der Waals surface area contributed by atoms with Crippen molar-refractivity contribution in [2.24, 2.45) is 0 Å². The van der Waals surface area contributed by atoms with Crippen LogP contribution in [0.3, 0.4) is 0 Å². The topological polar surface area (TPSA) is 159 Å². The fraction of sp³-hybridized carbons (Fsp3) is 0.0714. The van der Waals surface area contributed by atoms with Gasteiger partial charge in [-0.3, -0.25) is 0 Å². The Morgan fingerprint density at radius 3 is 0.553 bits per heavy atom. The first kappa shape index (κ1) is 76.7. The maximum Gasteiger partial charge on any atom is 2.00 e. The largest absolute Gasteiger partial charge is 2.00 e. The molecule has 47 heavy (non-hydrogen) atoms. The van der Waals surface area contributed by atoms with Crippen molar-refractivity contribution in [3.63, 3.8) is 0 Å². The van der Waals surface area contributed by atoms with Crippen LogP contribution in [0.2, 0.25) is 0 Å². The van der Waals surface area contributed by atoms with Gasteiger partial charge >= 0.3 is 95.4 Å². The molecule has 19 heteroatoms. The number of carboxylic acid groups (broad SMARTS) is 2. The van der Waals surface area contributed by atoms with Crippen molar-refractivity contribution in [2.75, 3.05) is 0 Å². The molecule has 2 atom stereocenters. The monoisotopic (exact) mass is 1290 g/mol. The Kier molecular flexibility index (Phi) is 117. The van der Waals surface area contributed by atoms with Crippen LogP contribution in [0.5, 0.6) is 0 Å². The molecule has 0 amide bonds. The number of hydrogen-bond acceptors (Lipinski definition) is 10. The predicted octanol–water partition coefficient (Wildman–Crippen LogP) is -1.90. The van der Waals surface area contributed by atoms with Gasteiger partial charge in [0.25, 0.3) is 0 Å². The smallest absolute Gasteiger partial charge is 1.00 e.